The minimum atomic E-state index is 0.366. The van der Waals surface area contributed by atoms with Crippen LogP contribution >= 0.6 is 0 Å². The van der Waals surface area contributed by atoms with Crippen LogP contribution in [0.5, 0.6) is 11.5 Å². The van der Waals surface area contributed by atoms with Crippen LogP contribution < -0.4 is 9.64 Å². The highest BCUT2D eigenvalue weighted by atomic mass is 16.5. The molecule has 0 amide bonds. The molecule has 1 aliphatic rings. The predicted octanol–water partition coefficient (Wildman–Crippen LogP) is 5.41. The highest BCUT2D eigenvalue weighted by molar-refractivity contribution is 5.59. The molecule has 0 radical (unpaired) electrons. The van der Waals surface area contributed by atoms with E-state index in [-0.39, 0.29) is 0 Å². The molecular formula is C29H36N2O2. The second-order valence-corrected chi connectivity index (χ2v) is 9.54. The number of rotatable bonds is 8. The van der Waals surface area contributed by atoms with Crippen molar-refractivity contribution in [2.75, 3.05) is 39.7 Å². The Hall–Kier alpha value is -2.98. The minimum Gasteiger partial charge on any atom is -0.508 e. The average molecular weight is 445 g/mol. The largest absolute Gasteiger partial charge is 0.508 e. The van der Waals surface area contributed by atoms with E-state index in [1.165, 1.54) is 33.5 Å². The van der Waals surface area contributed by atoms with Crippen molar-refractivity contribution in [3.63, 3.8) is 0 Å². The maximum Gasteiger partial charge on any atom is 0.120 e. The molecule has 0 spiro atoms. The van der Waals surface area contributed by atoms with Crippen molar-refractivity contribution in [1.29, 1.82) is 0 Å². The first-order valence-corrected chi connectivity index (χ1v) is 11.9. The van der Waals surface area contributed by atoms with Crippen LogP contribution in [-0.2, 0) is 25.8 Å². The summed E-state index contributed by atoms with van der Waals surface area (Å²) in [5, 5.41) is 9.83. The summed E-state index contributed by atoms with van der Waals surface area (Å²) in [5.41, 5.74) is 7.93. The Labute approximate surface area is 198 Å². The highest BCUT2D eigenvalue weighted by Crippen LogP contribution is 2.39. The van der Waals surface area contributed by atoms with Gasteiger partial charge in [-0.25, -0.2) is 0 Å². The van der Waals surface area contributed by atoms with Gasteiger partial charge in [0.25, 0.3) is 0 Å². The van der Waals surface area contributed by atoms with E-state index in [0.29, 0.717) is 11.7 Å². The lowest BCUT2D eigenvalue weighted by Gasteiger charge is -2.30. The number of aromatic hydroxyl groups is 1. The van der Waals surface area contributed by atoms with Crippen molar-refractivity contribution in [3.8, 4) is 11.5 Å². The summed E-state index contributed by atoms with van der Waals surface area (Å²) in [6.45, 7) is 1.92. The van der Waals surface area contributed by atoms with Gasteiger partial charge in [-0.3, -0.25) is 0 Å². The maximum atomic E-state index is 9.83. The third-order valence-electron chi connectivity index (χ3n) is 6.80. The zero-order chi connectivity index (χ0) is 23.4. The fourth-order valence-electron chi connectivity index (χ4n) is 4.86. The highest BCUT2D eigenvalue weighted by Gasteiger charge is 2.24. The Balaban J connectivity index is 1.53. The Morgan fingerprint density at radius 1 is 0.909 bits per heavy atom. The molecule has 4 rings (SSSR count). The first-order valence-electron chi connectivity index (χ1n) is 11.9. The van der Waals surface area contributed by atoms with Crippen molar-refractivity contribution in [1.82, 2.24) is 4.90 Å². The lowest BCUT2D eigenvalue weighted by atomic mass is 9.79. The van der Waals surface area contributed by atoms with Gasteiger partial charge < -0.3 is 19.6 Å². The first-order chi connectivity index (χ1) is 15.9. The third kappa shape index (κ3) is 5.69. The second-order valence-electron chi connectivity index (χ2n) is 9.54. The summed E-state index contributed by atoms with van der Waals surface area (Å²) in [6.07, 6.45) is 4.16. The van der Waals surface area contributed by atoms with Gasteiger partial charge in [-0.2, -0.15) is 0 Å². The summed E-state index contributed by atoms with van der Waals surface area (Å²) in [7, 11) is 8.13. The Kier molecular flexibility index (Phi) is 7.24. The molecule has 0 heterocycles. The van der Waals surface area contributed by atoms with E-state index in [9.17, 15) is 5.11 Å². The lowest BCUT2D eigenvalue weighted by molar-refractivity contribution is 0.413. The standard InChI is InChI=1S/C29H36N2O2/c1-30(2)16-15-21-5-7-22(8-6-21)20-31(3)29-19-27(33-4)13-14-28(29)25-10-9-24-18-26(32)12-11-23(24)17-25/h5-8,11-14,18-19,25,32H,9-10,15-17,20H2,1-4H3. The molecule has 1 atom stereocenters. The molecule has 0 bridgehead atoms. The van der Waals surface area contributed by atoms with E-state index in [1.54, 1.807) is 7.11 Å². The SMILES string of the molecule is COc1ccc(C2CCc3cc(O)ccc3C2)c(N(C)Cc2ccc(CCN(C)C)cc2)c1. The maximum absolute atomic E-state index is 9.83. The normalized spacial score (nSPS) is 15.4. The number of phenolic OH excluding ortho intramolecular Hbond substituents is 1. The number of benzene rings is 3. The molecule has 3 aromatic rings. The molecule has 0 saturated carbocycles. The number of aryl methyl sites for hydroxylation is 1. The van der Waals surface area contributed by atoms with Crippen LogP contribution in [0.15, 0.2) is 60.7 Å². The van der Waals surface area contributed by atoms with Crippen LogP contribution in [0, 0.1) is 0 Å². The smallest absolute Gasteiger partial charge is 0.120 e. The van der Waals surface area contributed by atoms with Crippen LogP contribution in [0.3, 0.4) is 0 Å². The second kappa shape index (κ2) is 10.3. The third-order valence-corrected chi connectivity index (χ3v) is 6.80. The molecule has 1 N–H and O–H groups in total. The number of hydrogen-bond donors (Lipinski definition) is 1. The van der Waals surface area contributed by atoms with E-state index >= 15 is 0 Å². The molecule has 0 saturated heterocycles. The van der Waals surface area contributed by atoms with E-state index in [2.05, 4.69) is 79.5 Å². The minimum absolute atomic E-state index is 0.366. The van der Waals surface area contributed by atoms with E-state index in [0.717, 1.165) is 44.5 Å². The summed E-state index contributed by atoms with van der Waals surface area (Å²) < 4.78 is 5.57. The van der Waals surface area contributed by atoms with E-state index in [4.69, 9.17) is 4.74 Å². The topological polar surface area (TPSA) is 35.9 Å². The molecule has 0 aromatic heterocycles. The number of fused-ring (bicyclic) bond motifs is 1. The van der Waals surface area contributed by atoms with Gasteiger partial charge in [-0.15, -0.1) is 0 Å². The van der Waals surface area contributed by atoms with Crippen LogP contribution in [0.2, 0.25) is 0 Å². The fourth-order valence-corrected chi connectivity index (χ4v) is 4.86. The van der Waals surface area contributed by atoms with Crippen LogP contribution in [-0.4, -0.2) is 44.8 Å². The van der Waals surface area contributed by atoms with Gasteiger partial charge in [-0.05, 0) is 91.7 Å². The van der Waals surface area contributed by atoms with Gasteiger partial charge in [-0.1, -0.05) is 36.4 Å². The van der Waals surface area contributed by atoms with E-state index < -0.39 is 0 Å². The number of hydrogen-bond acceptors (Lipinski definition) is 4. The van der Waals surface area contributed by atoms with Gasteiger partial charge in [0.15, 0.2) is 0 Å². The van der Waals surface area contributed by atoms with Crippen molar-refractivity contribution in [3.05, 3.63) is 88.5 Å². The number of nitrogens with zero attached hydrogens (tertiary/aromatic N) is 2. The van der Waals surface area contributed by atoms with Crippen LogP contribution in [0.1, 0.15) is 40.2 Å². The first kappa shape index (κ1) is 23.2. The Morgan fingerprint density at radius 3 is 2.39 bits per heavy atom. The van der Waals surface area contributed by atoms with Crippen molar-refractivity contribution in [2.45, 2.75) is 38.1 Å². The molecule has 33 heavy (non-hydrogen) atoms. The number of anilines is 1. The van der Waals surface area contributed by atoms with Crippen molar-refractivity contribution < 1.29 is 9.84 Å². The van der Waals surface area contributed by atoms with E-state index in [1.807, 2.05) is 12.1 Å². The number of likely N-dealkylation sites (N-methyl/N-ethyl adjacent to an activating group) is 1. The Morgan fingerprint density at radius 2 is 1.67 bits per heavy atom. The van der Waals surface area contributed by atoms with Gasteiger partial charge in [0.2, 0.25) is 0 Å². The quantitative estimate of drug-likeness (QED) is 0.504. The monoisotopic (exact) mass is 444 g/mol. The molecular weight excluding hydrogens is 408 g/mol. The zero-order valence-corrected chi connectivity index (χ0v) is 20.3. The van der Waals surface area contributed by atoms with Crippen molar-refractivity contribution in [2.24, 2.45) is 0 Å². The van der Waals surface area contributed by atoms with Gasteiger partial charge in [0.1, 0.15) is 11.5 Å². The number of ether oxygens (including phenoxy) is 1. The number of phenols is 1. The van der Waals surface area contributed by atoms with Gasteiger partial charge >= 0.3 is 0 Å². The summed E-state index contributed by atoms with van der Waals surface area (Å²) in [4.78, 5) is 4.57. The molecule has 3 aromatic carbocycles. The molecule has 4 heteroatoms. The van der Waals surface area contributed by atoms with Crippen LogP contribution in [0.25, 0.3) is 0 Å². The predicted molar refractivity (Wildman–Crippen MR) is 137 cm³/mol. The van der Waals surface area contributed by atoms with Crippen molar-refractivity contribution >= 4 is 5.69 Å². The summed E-state index contributed by atoms with van der Waals surface area (Å²) in [6, 6.07) is 21.3. The summed E-state index contributed by atoms with van der Waals surface area (Å²) in [5.74, 6) is 1.71. The van der Waals surface area contributed by atoms with Gasteiger partial charge in [0, 0.05) is 31.9 Å². The molecule has 0 aliphatic heterocycles. The van der Waals surface area contributed by atoms with Crippen LogP contribution in [0.4, 0.5) is 5.69 Å². The molecule has 1 aliphatic carbocycles. The summed E-state index contributed by atoms with van der Waals surface area (Å²) >= 11 is 0. The Bertz CT molecular complexity index is 1080. The number of methoxy groups -OCH3 is 1. The van der Waals surface area contributed by atoms with Gasteiger partial charge in [0.05, 0.1) is 7.11 Å². The zero-order valence-electron chi connectivity index (χ0n) is 20.3. The molecule has 174 valence electrons. The average Bonchev–Trinajstić information content (AvgIpc) is 2.82. The molecule has 4 nitrogen and oxygen atoms in total. The molecule has 0 fully saturated rings. The lowest BCUT2D eigenvalue weighted by Crippen LogP contribution is -2.21. The fraction of sp³-hybridized carbons (Fsp3) is 0.379. The molecule has 1 unspecified atom stereocenters.